The fourth-order valence-electron chi connectivity index (χ4n) is 3.11. The van der Waals surface area contributed by atoms with E-state index in [0.29, 0.717) is 22.0 Å². The first-order chi connectivity index (χ1) is 13.1. The molecule has 6 heteroatoms. The van der Waals surface area contributed by atoms with Crippen molar-refractivity contribution in [3.63, 3.8) is 0 Å². The van der Waals surface area contributed by atoms with E-state index in [4.69, 9.17) is 0 Å². The second kappa shape index (κ2) is 6.64. The molecule has 6 nitrogen and oxygen atoms in total. The number of fused-ring (bicyclic) bond motifs is 2. The molecule has 0 atom stereocenters. The number of para-hydroxylation sites is 1. The lowest BCUT2D eigenvalue weighted by atomic mass is 10.1. The molecule has 0 spiro atoms. The quantitative estimate of drug-likeness (QED) is 0.605. The minimum atomic E-state index is -0.376. The van der Waals surface area contributed by atoms with Gasteiger partial charge in [0.15, 0.2) is 5.69 Å². The highest BCUT2D eigenvalue weighted by Crippen LogP contribution is 2.22. The number of amides is 1. The Morgan fingerprint density at radius 2 is 1.74 bits per heavy atom. The Balaban J connectivity index is 1.85. The van der Waals surface area contributed by atoms with E-state index in [0.717, 1.165) is 5.39 Å². The van der Waals surface area contributed by atoms with Crippen LogP contribution in [0.2, 0.25) is 0 Å². The Labute approximate surface area is 155 Å². The van der Waals surface area contributed by atoms with E-state index in [2.05, 4.69) is 15.4 Å². The molecule has 0 saturated heterocycles. The second-order valence-corrected chi connectivity index (χ2v) is 6.57. The molecule has 134 valence electrons. The van der Waals surface area contributed by atoms with Gasteiger partial charge in [-0.15, -0.1) is 0 Å². The number of nitrogens with zero attached hydrogens (tertiary/aromatic N) is 3. The normalized spacial score (nSPS) is 11.2. The van der Waals surface area contributed by atoms with Gasteiger partial charge in [0.2, 0.25) is 0 Å². The van der Waals surface area contributed by atoms with Gasteiger partial charge < -0.3 is 5.32 Å². The lowest BCUT2D eigenvalue weighted by molar-refractivity contribution is 0.102. The summed E-state index contributed by atoms with van der Waals surface area (Å²) >= 11 is 0. The zero-order chi connectivity index (χ0) is 19.0. The van der Waals surface area contributed by atoms with Gasteiger partial charge in [-0.25, -0.2) is 4.68 Å². The van der Waals surface area contributed by atoms with E-state index in [1.807, 2.05) is 38.1 Å². The summed E-state index contributed by atoms with van der Waals surface area (Å²) in [5.41, 5.74) is 1.32. The van der Waals surface area contributed by atoms with Gasteiger partial charge in [-0.2, -0.15) is 5.10 Å². The van der Waals surface area contributed by atoms with E-state index in [1.54, 1.807) is 36.5 Å². The average molecular weight is 358 g/mol. The molecule has 1 amide bonds. The third-order valence-corrected chi connectivity index (χ3v) is 4.41. The van der Waals surface area contributed by atoms with Crippen molar-refractivity contribution in [3.8, 4) is 0 Å². The number of anilines is 1. The van der Waals surface area contributed by atoms with Gasteiger partial charge >= 0.3 is 0 Å². The second-order valence-electron chi connectivity index (χ2n) is 6.57. The Hall–Kier alpha value is -3.54. The van der Waals surface area contributed by atoms with Crippen molar-refractivity contribution in [1.29, 1.82) is 0 Å². The molecule has 0 fully saturated rings. The molecular formula is C21H18N4O2. The minimum absolute atomic E-state index is 0.159. The summed E-state index contributed by atoms with van der Waals surface area (Å²) in [4.78, 5) is 30.0. The Kier molecular flexibility index (Phi) is 4.16. The maximum atomic E-state index is 13.0. The van der Waals surface area contributed by atoms with Crippen molar-refractivity contribution in [1.82, 2.24) is 14.8 Å². The third-order valence-electron chi connectivity index (χ3n) is 4.41. The monoisotopic (exact) mass is 358 g/mol. The molecule has 2 aromatic carbocycles. The van der Waals surface area contributed by atoms with E-state index in [-0.39, 0.29) is 23.2 Å². The summed E-state index contributed by atoms with van der Waals surface area (Å²) in [7, 11) is 0. The maximum Gasteiger partial charge on any atom is 0.276 e. The van der Waals surface area contributed by atoms with E-state index in [1.165, 1.54) is 4.68 Å². The van der Waals surface area contributed by atoms with Crippen molar-refractivity contribution in [3.05, 3.63) is 76.8 Å². The van der Waals surface area contributed by atoms with Gasteiger partial charge in [0, 0.05) is 17.0 Å². The van der Waals surface area contributed by atoms with Crippen molar-refractivity contribution >= 4 is 33.3 Å². The number of benzene rings is 2. The third kappa shape index (κ3) is 2.95. The molecule has 0 saturated carbocycles. The number of carbonyl (C=O) groups is 1. The van der Waals surface area contributed by atoms with Gasteiger partial charge in [0.25, 0.3) is 11.5 Å². The maximum absolute atomic E-state index is 13.0. The van der Waals surface area contributed by atoms with Gasteiger partial charge in [-0.05, 0) is 32.0 Å². The molecule has 2 heterocycles. The summed E-state index contributed by atoms with van der Waals surface area (Å²) in [5.74, 6) is -0.376. The van der Waals surface area contributed by atoms with Crippen LogP contribution in [-0.4, -0.2) is 20.7 Å². The number of rotatable bonds is 3. The molecule has 0 aliphatic heterocycles. The number of carbonyl (C=O) groups excluding carboxylic acids is 1. The first kappa shape index (κ1) is 16.9. The van der Waals surface area contributed by atoms with Crippen LogP contribution in [0.5, 0.6) is 0 Å². The molecule has 27 heavy (non-hydrogen) atoms. The smallest absolute Gasteiger partial charge is 0.276 e. The highest BCUT2D eigenvalue weighted by atomic mass is 16.2. The topological polar surface area (TPSA) is 76.9 Å². The molecule has 4 aromatic rings. The van der Waals surface area contributed by atoms with Crippen LogP contribution in [0, 0.1) is 0 Å². The summed E-state index contributed by atoms with van der Waals surface area (Å²) in [6.07, 6.45) is 1.69. The van der Waals surface area contributed by atoms with Crippen LogP contribution in [0.4, 0.5) is 5.69 Å². The molecule has 0 bridgehead atoms. The molecule has 0 aliphatic rings. The van der Waals surface area contributed by atoms with Crippen LogP contribution < -0.4 is 10.9 Å². The fourth-order valence-corrected chi connectivity index (χ4v) is 3.11. The summed E-state index contributed by atoms with van der Waals surface area (Å²) < 4.78 is 1.35. The van der Waals surface area contributed by atoms with Crippen LogP contribution in [0.1, 0.15) is 30.4 Å². The van der Waals surface area contributed by atoms with E-state index in [9.17, 15) is 9.59 Å². The largest absolute Gasteiger partial charge is 0.319 e. The molecule has 2 aromatic heterocycles. The van der Waals surface area contributed by atoms with E-state index < -0.39 is 0 Å². The highest BCUT2D eigenvalue weighted by Gasteiger charge is 2.18. The minimum Gasteiger partial charge on any atom is -0.319 e. The molecule has 0 unspecified atom stereocenters. The van der Waals surface area contributed by atoms with Gasteiger partial charge in [0.05, 0.1) is 22.6 Å². The standard InChI is InChI=1S/C21H18N4O2/c1-13(2)25-21(27)16-10-4-3-9-15(16)19(24-25)20(26)23-17-11-5-7-14-8-6-12-22-18(14)17/h3-13H,1-2H3,(H,23,26). The van der Waals surface area contributed by atoms with Crippen molar-refractivity contribution < 1.29 is 4.79 Å². The predicted octanol–water partition coefficient (Wildman–Crippen LogP) is 3.78. The Morgan fingerprint density at radius 3 is 2.52 bits per heavy atom. The van der Waals surface area contributed by atoms with Crippen molar-refractivity contribution in [2.24, 2.45) is 0 Å². The van der Waals surface area contributed by atoms with Gasteiger partial charge in [-0.1, -0.05) is 36.4 Å². The van der Waals surface area contributed by atoms with Crippen LogP contribution in [0.3, 0.4) is 0 Å². The summed E-state index contributed by atoms with van der Waals surface area (Å²) in [6, 6.07) is 16.3. The van der Waals surface area contributed by atoms with Crippen LogP contribution >= 0.6 is 0 Å². The Morgan fingerprint density at radius 1 is 1.00 bits per heavy atom. The lowest BCUT2D eigenvalue weighted by Crippen LogP contribution is -2.29. The Bertz CT molecular complexity index is 1220. The molecule has 0 aliphatic carbocycles. The SMILES string of the molecule is CC(C)n1nc(C(=O)Nc2cccc3cccnc23)c2ccccc2c1=O. The zero-order valence-electron chi connectivity index (χ0n) is 15.0. The van der Waals surface area contributed by atoms with Crippen LogP contribution in [-0.2, 0) is 0 Å². The number of aromatic nitrogens is 3. The highest BCUT2D eigenvalue weighted by molar-refractivity contribution is 6.13. The summed E-state index contributed by atoms with van der Waals surface area (Å²) in [5, 5.41) is 9.19. The first-order valence-electron chi connectivity index (χ1n) is 8.73. The summed E-state index contributed by atoms with van der Waals surface area (Å²) in [6.45, 7) is 3.72. The molecule has 1 N–H and O–H groups in total. The predicted molar refractivity (Wildman–Crippen MR) is 106 cm³/mol. The molecule has 4 rings (SSSR count). The first-order valence-corrected chi connectivity index (χ1v) is 8.73. The fraction of sp³-hybridized carbons (Fsp3) is 0.143. The number of hydrogen-bond donors (Lipinski definition) is 1. The zero-order valence-corrected chi connectivity index (χ0v) is 15.0. The van der Waals surface area contributed by atoms with Gasteiger partial charge in [-0.3, -0.25) is 14.6 Å². The average Bonchev–Trinajstić information content (AvgIpc) is 2.68. The molecular weight excluding hydrogens is 340 g/mol. The van der Waals surface area contributed by atoms with Gasteiger partial charge in [0.1, 0.15) is 0 Å². The number of hydrogen-bond acceptors (Lipinski definition) is 4. The van der Waals surface area contributed by atoms with Crippen LogP contribution in [0.25, 0.3) is 21.7 Å². The van der Waals surface area contributed by atoms with Crippen molar-refractivity contribution in [2.45, 2.75) is 19.9 Å². The molecule has 0 radical (unpaired) electrons. The number of nitrogens with one attached hydrogen (secondary N) is 1. The lowest BCUT2D eigenvalue weighted by Gasteiger charge is -2.14. The number of pyridine rings is 1. The van der Waals surface area contributed by atoms with Crippen molar-refractivity contribution in [2.75, 3.05) is 5.32 Å². The van der Waals surface area contributed by atoms with E-state index >= 15 is 0 Å². The van der Waals surface area contributed by atoms with Crippen LogP contribution in [0.15, 0.2) is 65.6 Å².